The summed E-state index contributed by atoms with van der Waals surface area (Å²) in [6.07, 6.45) is 1.02. The molecule has 1 aliphatic heterocycles. The van der Waals surface area contributed by atoms with Gasteiger partial charge in [-0.15, -0.1) is 5.10 Å². The Balaban J connectivity index is 1.94. The van der Waals surface area contributed by atoms with Crippen molar-refractivity contribution >= 4 is 6.01 Å². The third kappa shape index (κ3) is 2.51. The summed E-state index contributed by atoms with van der Waals surface area (Å²) < 4.78 is 10.9. The largest absolute Gasteiger partial charge is 0.407 e. The van der Waals surface area contributed by atoms with Crippen LogP contribution in [0.4, 0.5) is 6.01 Å². The molecule has 1 N–H and O–H groups in total. The summed E-state index contributed by atoms with van der Waals surface area (Å²) in [5.74, 6) is 0.627. The molecule has 6 heteroatoms. The first-order valence-electron chi connectivity index (χ1n) is 5.65. The highest BCUT2D eigenvalue weighted by molar-refractivity contribution is 5.25. The van der Waals surface area contributed by atoms with Gasteiger partial charge in [0.15, 0.2) is 0 Å². The molecule has 2 heterocycles. The summed E-state index contributed by atoms with van der Waals surface area (Å²) in [7, 11) is 1.96. The van der Waals surface area contributed by atoms with Crippen LogP contribution in [0.15, 0.2) is 4.42 Å². The van der Waals surface area contributed by atoms with E-state index in [0.717, 1.165) is 26.2 Å². The molecule has 0 saturated carbocycles. The summed E-state index contributed by atoms with van der Waals surface area (Å²) in [6.45, 7) is 5.11. The minimum absolute atomic E-state index is 0.354. The monoisotopic (exact) mass is 226 g/mol. The number of rotatable bonds is 5. The van der Waals surface area contributed by atoms with E-state index >= 15 is 0 Å². The first kappa shape index (κ1) is 11.3. The molecule has 1 aromatic rings. The zero-order valence-corrected chi connectivity index (χ0v) is 9.77. The van der Waals surface area contributed by atoms with Crippen LogP contribution in [0.5, 0.6) is 0 Å². The fraction of sp³-hybridized carbons (Fsp3) is 0.800. The molecule has 0 aromatic carbocycles. The third-order valence-electron chi connectivity index (χ3n) is 2.74. The van der Waals surface area contributed by atoms with Crippen LogP contribution in [0, 0.1) is 0 Å². The Morgan fingerprint density at radius 1 is 1.50 bits per heavy atom. The molecule has 1 saturated heterocycles. The number of anilines is 1. The molecule has 90 valence electrons. The van der Waals surface area contributed by atoms with E-state index < -0.39 is 0 Å². The van der Waals surface area contributed by atoms with Gasteiger partial charge in [0, 0.05) is 13.7 Å². The van der Waals surface area contributed by atoms with Crippen molar-refractivity contribution in [2.24, 2.45) is 0 Å². The van der Waals surface area contributed by atoms with Crippen LogP contribution >= 0.6 is 0 Å². The van der Waals surface area contributed by atoms with Crippen molar-refractivity contribution in [2.75, 3.05) is 31.7 Å². The molecule has 16 heavy (non-hydrogen) atoms. The molecule has 0 spiro atoms. The first-order chi connectivity index (χ1) is 7.81. The maximum absolute atomic E-state index is 5.55. The van der Waals surface area contributed by atoms with Crippen LogP contribution in [0.25, 0.3) is 0 Å². The number of ether oxygens (including phenoxy) is 1. The number of hydrogen-bond acceptors (Lipinski definition) is 6. The highest BCUT2D eigenvalue weighted by Crippen LogP contribution is 2.18. The SMILES string of the molecule is CCNCc1nnc(N(C)C2CCOC2)o1. The fourth-order valence-corrected chi connectivity index (χ4v) is 1.67. The Kier molecular flexibility index (Phi) is 3.74. The van der Waals surface area contributed by atoms with Gasteiger partial charge in [-0.3, -0.25) is 0 Å². The lowest BCUT2D eigenvalue weighted by atomic mass is 10.2. The van der Waals surface area contributed by atoms with Gasteiger partial charge in [-0.2, -0.15) is 0 Å². The van der Waals surface area contributed by atoms with E-state index in [1.807, 2.05) is 18.9 Å². The molecule has 1 aliphatic rings. The van der Waals surface area contributed by atoms with E-state index in [9.17, 15) is 0 Å². The molecule has 0 bridgehead atoms. The molecular weight excluding hydrogens is 208 g/mol. The Bertz CT molecular complexity index is 322. The smallest absolute Gasteiger partial charge is 0.318 e. The normalized spacial score (nSPS) is 20.2. The molecule has 0 radical (unpaired) electrons. The second-order valence-corrected chi connectivity index (χ2v) is 3.89. The Labute approximate surface area is 95.0 Å². The first-order valence-corrected chi connectivity index (χ1v) is 5.65. The van der Waals surface area contributed by atoms with Gasteiger partial charge in [0.2, 0.25) is 5.89 Å². The summed E-state index contributed by atoms with van der Waals surface area (Å²) in [6, 6.07) is 0.927. The maximum atomic E-state index is 5.55. The van der Waals surface area contributed by atoms with Gasteiger partial charge in [-0.1, -0.05) is 12.0 Å². The molecule has 1 atom stereocenters. The van der Waals surface area contributed by atoms with Crippen molar-refractivity contribution < 1.29 is 9.15 Å². The zero-order valence-electron chi connectivity index (χ0n) is 9.77. The Hall–Kier alpha value is -1.14. The summed E-state index contributed by atoms with van der Waals surface area (Å²) >= 11 is 0. The van der Waals surface area contributed by atoms with Crippen molar-refractivity contribution in [3.05, 3.63) is 5.89 Å². The van der Waals surface area contributed by atoms with Crippen molar-refractivity contribution in [3.8, 4) is 0 Å². The molecular formula is C10H18N4O2. The predicted molar refractivity (Wildman–Crippen MR) is 59.3 cm³/mol. The fourth-order valence-electron chi connectivity index (χ4n) is 1.67. The van der Waals surface area contributed by atoms with Crippen molar-refractivity contribution in [2.45, 2.75) is 25.9 Å². The second kappa shape index (κ2) is 5.27. The van der Waals surface area contributed by atoms with Gasteiger partial charge >= 0.3 is 6.01 Å². The number of nitrogens with zero attached hydrogens (tertiary/aromatic N) is 3. The van der Waals surface area contributed by atoms with Crippen LogP contribution in [-0.2, 0) is 11.3 Å². The van der Waals surface area contributed by atoms with E-state index in [4.69, 9.17) is 9.15 Å². The molecule has 2 rings (SSSR count). The predicted octanol–water partition coefficient (Wildman–Crippen LogP) is 0.404. The van der Waals surface area contributed by atoms with Gasteiger partial charge in [-0.05, 0) is 13.0 Å². The zero-order chi connectivity index (χ0) is 11.4. The van der Waals surface area contributed by atoms with E-state index in [1.165, 1.54) is 0 Å². The number of nitrogens with one attached hydrogen (secondary N) is 1. The number of aromatic nitrogens is 2. The van der Waals surface area contributed by atoms with Crippen molar-refractivity contribution in [1.82, 2.24) is 15.5 Å². The van der Waals surface area contributed by atoms with Crippen LogP contribution in [0.3, 0.4) is 0 Å². The molecule has 6 nitrogen and oxygen atoms in total. The van der Waals surface area contributed by atoms with Crippen LogP contribution in [-0.4, -0.2) is 43.0 Å². The van der Waals surface area contributed by atoms with Gasteiger partial charge in [0.25, 0.3) is 0 Å². The third-order valence-corrected chi connectivity index (χ3v) is 2.74. The topological polar surface area (TPSA) is 63.4 Å². The maximum Gasteiger partial charge on any atom is 0.318 e. The van der Waals surface area contributed by atoms with Gasteiger partial charge in [0.1, 0.15) is 0 Å². The van der Waals surface area contributed by atoms with Gasteiger partial charge in [0.05, 0.1) is 19.2 Å². The van der Waals surface area contributed by atoms with E-state index in [-0.39, 0.29) is 0 Å². The van der Waals surface area contributed by atoms with Crippen molar-refractivity contribution in [1.29, 1.82) is 0 Å². The Morgan fingerprint density at radius 2 is 2.38 bits per heavy atom. The molecule has 1 fully saturated rings. The van der Waals surface area contributed by atoms with E-state index in [2.05, 4.69) is 15.5 Å². The highest BCUT2D eigenvalue weighted by atomic mass is 16.5. The average Bonchev–Trinajstić information content (AvgIpc) is 2.96. The lowest BCUT2D eigenvalue weighted by molar-refractivity contribution is 0.193. The average molecular weight is 226 g/mol. The van der Waals surface area contributed by atoms with Crippen LogP contribution in [0.2, 0.25) is 0 Å². The lowest BCUT2D eigenvalue weighted by Crippen LogP contribution is -2.31. The standard InChI is InChI=1S/C10H18N4O2/c1-3-11-6-9-12-13-10(16-9)14(2)8-4-5-15-7-8/h8,11H,3-7H2,1-2H3. The summed E-state index contributed by atoms with van der Waals surface area (Å²) in [5, 5.41) is 11.2. The van der Waals surface area contributed by atoms with E-state index in [0.29, 0.717) is 24.5 Å². The second-order valence-electron chi connectivity index (χ2n) is 3.89. The number of hydrogen-bond donors (Lipinski definition) is 1. The number of likely N-dealkylation sites (N-methyl/N-ethyl adjacent to an activating group) is 1. The molecule has 0 aliphatic carbocycles. The molecule has 1 unspecified atom stereocenters. The van der Waals surface area contributed by atoms with Crippen LogP contribution in [0.1, 0.15) is 19.2 Å². The minimum Gasteiger partial charge on any atom is -0.407 e. The highest BCUT2D eigenvalue weighted by Gasteiger charge is 2.23. The van der Waals surface area contributed by atoms with Crippen LogP contribution < -0.4 is 10.2 Å². The molecule has 0 amide bonds. The molecule has 1 aromatic heterocycles. The van der Waals surface area contributed by atoms with Crippen molar-refractivity contribution in [3.63, 3.8) is 0 Å². The minimum atomic E-state index is 0.354. The Morgan fingerprint density at radius 3 is 3.06 bits per heavy atom. The summed E-state index contributed by atoms with van der Waals surface area (Å²) in [5.41, 5.74) is 0. The van der Waals surface area contributed by atoms with Gasteiger partial charge < -0.3 is 19.4 Å². The van der Waals surface area contributed by atoms with E-state index in [1.54, 1.807) is 0 Å². The lowest BCUT2D eigenvalue weighted by Gasteiger charge is -2.19. The summed E-state index contributed by atoms with van der Waals surface area (Å²) in [4.78, 5) is 2.00. The van der Waals surface area contributed by atoms with Gasteiger partial charge in [-0.25, -0.2) is 0 Å². The quantitative estimate of drug-likeness (QED) is 0.784.